The molecule has 0 radical (unpaired) electrons. The number of carbonyl (C=O) groups is 1. The van der Waals surface area contributed by atoms with E-state index in [9.17, 15) is 4.79 Å². The summed E-state index contributed by atoms with van der Waals surface area (Å²) < 4.78 is 0. The second-order valence-electron chi connectivity index (χ2n) is 5.07. The standard InChI is InChI=1S/C11H22N2O2/c1-11(2,8-14)12-10(15)7-9-5-4-6-13(9)3/h9,14H,4-8H2,1-3H3,(H,12,15). The number of rotatable bonds is 4. The van der Waals surface area contributed by atoms with Crippen LogP contribution in [0.2, 0.25) is 0 Å². The lowest BCUT2D eigenvalue weighted by Crippen LogP contribution is -2.47. The van der Waals surface area contributed by atoms with Gasteiger partial charge in [-0.05, 0) is 40.3 Å². The molecule has 1 unspecified atom stereocenters. The zero-order chi connectivity index (χ0) is 11.5. The Morgan fingerprint density at radius 2 is 2.27 bits per heavy atom. The predicted molar refractivity (Wildman–Crippen MR) is 59.6 cm³/mol. The zero-order valence-electron chi connectivity index (χ0n) is 9.92. The largest absolute Gasteiger partial charge is 0.394 e. The summed E-state index contributed by atoms with van der Waals surface area (Å²) in [7, 11) is 2.06. The third-order valence-electron chi connectivity index (χ3n) is 2.97. The van der Waals surface area contributed by atoms with Crippen LogP contribution in [0.1, 0.15) is 33.1 Å². The molecule has 1 amide bonds. The third kappa shape index (κ3) is 3.80. The second kappa shape index (κ2) is 4.94. The fourth-order valence-electron chi connectivity index (χ4n) is 1.92. The van der Waals surface area contributed by atoms with E-state index >= 15 is 0 Å². The average Bonchev–Trinajstić information content (AvgIpc) is 2.51. The van der Waals surface area contributed by atoms with Crippen LogP contribution in [0.15, 0.2) is 0 Å². The fourth-order valence-corrected chi connectivity index (χ4v) is 1.92. The molecular formula is C11H22N2O2. The van der Waals surface area contributed by atoms with Gasteiger partial charge in [-0.25, -0.2) is 0 Å². The van der Waals surface area contributed by atoms with Crippen LogP contribution in [-0.2, 0) is 4.79 Å². The van der Waals surface area contributed by atoms with Crippen molar-refractivity contribution in [2.24, 2.45) is 0 Å². The Labute approximate surface area is 91.6 Å². The van der Waals surface area contributed by atoms with Gasteiger partial charge in [0.05, 0.1) is 12.1 Å². The molecule has 1 saturated heterocycles. The zero-order valence-corrected chi connectivity index (χ0v) is 9.92. The molecule has 0 aromatic heterocycles. The van der Waals surface area contributed by atoms with E-state index in [1.165, 1.54) is 6.42 Å². The number of aliphatic hydroxyl groups is 1. The lowest BCUT2D eigenvalue weighted by Gasteiger charge is -2.25. The normalized spacial score (nSPS) is 23.1. The molecule has 0 bridgehead atoms. The summed E-state index contributed by atoms with van der Waals surface area (Å²) in [5.74, 6) is 0.0350. The van der Waals surface area contributed by atoms with Crippen LogP contribution < -0.4 is 5.32 Å². The van der Waals surface area contributed by atoms with Gasteiger partial charge in [0.1, 0.15) is 0 Å². The van der Waals surface area contributed by atoms with Gasteiger partial charge in [0, 0.05) is 12.5 Å². The SMILES string of the molecule is CN1CCCC1CC(=O)NC(C)(C)CO. The van der Waals surface area contributed by atoms with E-state index in [1.807, 2.05) is 13.8 Å². The van der Waals surface area contributed by atoms with Crippen LogP contribution >= 0.6 is 0 Å². The summed E-state index contributed by atoms with van der Waals surface area (Å²) in [5, 5.41) is 11.9. The molecular weight excluding hydrogens is 192 g/mol. The van der Waals surface area contributed by atoms with Crippen LogP contribution in [-0.4, -0.2) is 47.7 Å². The highest BCUT2D eigenvalue weighted by Crippen LogP contribution is 2.17. The third-order valence-corrected chi connectivity index (χ3v) is 2.97. The topological polar surface area (TPSA) is 52.6 Å². The molecule has 0 aliphatic carbocycles. The maximum atomic E-state index is 11.7. The van der Waals surface area contributed by atoms with Gasteiger partial charge in [-0.3, -0.25) is 4.79 Å². The summed E-state index contributed by atoms with van der Waals surface area (Å²) in [6, 6.07) is 0.375. The number of amides is 1. The summed E-state index contributed by atoms with van der Waals surface area (Å²) in [4.78, 5) is 13.9. The van der Waals surface area contributed by atoms with Crippen molar-refractivity contribution >= 4 is 5.91 Å². The molecule has 88 valence electrons. The molecule has 4 nitrogen and oxygen atoms in total. The summed E-state index contributed by atoms with van der Waals surface area (Å²) >= 11 is 0. The fraction of sp³-hybridized carbons (Fsp3) is 0.909. The van der Waals surface area contributed by atoms with Crippen LogP contribution in [0.4, 0.5) is 0 Å². The van der Waals surface area contributed by atoms with Crippen LogP contribution in [0, 0.1) is 0 Å². The number of nitrogens with one attached hydrogen (secondary N) is 1. The van der Waals surface area contributed by atoms with Crippen molar-refractivity contribution in [2.45, 2.75) is 44.7 Å². The van der Waals surface area contributed by atoms with Gasteiger partial charge in [-0.15, -0.1) is 0 Å². The van der Waals surface area contributed by atoms with Gasteiger partial charge in [0.15, 0.2) is 0 Å². The minimum Gasteiger partial charge on any atom is -0.394 e. The lowest BCUT2D eigenvalue weighted by atomic mass is 10.1. The first-order valence-electron chi connectivity index (χ1n) is 5.57. The molecule has 4 heteroatoms. The van der Waals surface area contributed by atoms with E-state index in [0.717, 1.165) is 13.0 Å². The van der Waals surface area contributed by atoms with Crippen molar-refractivity contribution < 1.29 is 9.90 Å². The number of hydrogen-bond acceptors (Lipinski definition) is 3. The molecule has 1 heterocycles. The van der Waals surface area contributed by atoms with Gasteiger partial charge in [-0.2, -0.15) is 0 Å². The Morgan fingerprint density at radius 3 is 2.73 bits per heavy atom. The van der Waals surface area contributed by atoms with Crippen LogP contribution in [0.5, 0.6) is 0 Å². The summed E-state index contributed by atoms with van der Waals surface area (Å²) in [5.41, 5.74) is -0.506. The molecule has 15 heavy (non-hydrogen) atoms. The molecule has 1 atom stereocenters. The first-order chi connectivity index (χ1) is 6.94. The van der Waals surface area contributed by atoms with Gasteiger partial charge in [0.2, 0.25) is 5.91 Å². The Balaban J connectivity index is 2.36. The average molecular weight is 214 g/mol. The Kier molecular flexibility index (Phi) is 4.11. The van der Waals surface area contributed by atoms with Crippen molar-refractivity contribution in [2.75, 3.05) is 20.2 Å². The first-order valence-corrected chi connectivity index (χ1v) is 5.57. The van der Waals surface area contributed by atoms with E-state index in [4.69, 9.17) is 5.11 Å². The number of nitrogens with zero attached hydrogens (tertiary/aromatic N) is 1. The Bertz CT molecular complexity index is 229. The number of aliphatic hydroxyl groups excluding tert-OH is 1. The van der Waals surface area contributed by atoms with Crippen LogP contribution in [0.25, 0.3) is 0 Å². The molecule has 1 aliphatic heterocycles. The first kappa shape index (κ1) is 12.5. The van der Waals surface area contributed by atoms with E-state index in [-0.39, 0.29) is 12.5 Å². The van der Waals surface area contributed by atoms with Crippen molar-refractivity contribution in [3.8, 4) is 0 Å². The van der Waals surface area contributed by atoms with Crippen molar-refractivity contribution in [3.05, 3.63) is 0 Å². The number of carbonyl (C=O) groups excluding carboxylic acids is 1. The maximum Gasteiger partial charge on any atom is 0.222 e. The van der Waals surface area contributed by atoms with E-state index < -0.39 is 5.54 Å². The molecule has 1 fully saturated rings. The highest BCUT2D eigenvalue weighted by atomic mass is 16.3. The van der Waals surface area contributed by atoms with Gasteiger partial charge in [-0.1, -0.05) is 0 Å². The maximum absolute atomic E-state index is 11.7. The Morgan fingerprint density at radius 1 is 1.60 bits per heavy atom. The molecule has 0 aromatic rings. The molecule has 1 aliphatic rings. The Hall–Kier alpha value is -0.610. The van der Waals surface area contributed by atoms with Gasteiger partial charge < -0.3 is 15.3 Å². The van der Waals surface area contributed by atoms with Crippen LogP contribution in [0.3, 0.4) is 0 Å². The smallest absolute Gasteiger partial charge is 0.222 e. The molecule has 2 N–H and O–H groups in total. The predicted octanol–water partition coefficient (Wildman–Crippen LogP) is 0.358. The monoisotopic (exact) mass is 214 g/mol. The molecule has 1 rings (SSSR count). The van der Waals surface area contributed by atoms with E-state index in [1.54, 1.807) is 0 Å². The summed E-state index contributed by atoms with van der Waals surface area (Å²) in [6.45, 7) is 4.70. The number of hydrogen-bond donors (Lipinski definition) is 2. The molecule has 0 saturated carbocycles. The highest BCUT2D eigenvalue weighted by Gasteiger charge is 2.26. The van der Waals surface area contributed by atoms with Crippen molar-refractivity contribution in [3.63, 3.8) is 0 Å². The van der Waals surface area contributed by atoms with Crippen molar-refractivity contribution in [1.29, 1.82) is 0 Å². The number of likely N-dealkylation sites (tertiary alicyclic amines) is 1. The van der Waals surface area contributed by atoms with Crippen molar-refractivity contribution in [1.82, 2.24) is 10.2 Å². The molecule has 0 aromatic carbocycles. The quantitative estimate of drug-likeness (QED) is 0.710. The highest BCUT2D eigenvalue weighted by molar-refractivity contribution is 5.77. The van der Waals surface area contributed by atoms with Gasteiger partial charge >= 0.3 is 0 Å². The summed E-state index contributed by atoms with van der Waals surface area (Å²) in [6.07, 6.45) is 2.82. The minimum absolute atomic E-state index is 0.0285. The van der Waals surface area contributed by atoms with E-state index in [2.05, 4.69) is 17.3 Å². The molecule has 0 spiro atoms. The second-order valence-corrected chi connectivity index (χ2v) is 5.07. The van der Waals surface area contributed by atoms with E-state index in [0.29, 0.717) is 12.5 Å². The lowest BCUT2D eigenvalue weighted by molar-refractivity contribution is -0.124. The minimum atomic E-state index is -0.506. The van der Waals surface area contributed by atoms with Gasteiger partial charge in [0.25, 0.3) is 0 Å².